The number of amides is 1. The van der Waals surface area contributed by atoms with E-state index in [1.165, 1.54) is 52.7 Å². The highest BCUT2D eigenvalue weighted by atomic mass is 32.2. The average Bonchev–Trinajstić information content (AvgIpc) is 3.34. The van der Waals surface area contributed by atoms with E-state index in [9.17, 15) is 26.4 Å². The third kappa shape index (κ3) is 5.87. The molecule has 2 aromatic heterocycles. The van der Waals surface area contributed by atoms with Crippen molar-refractivity contribution in [2.24, 2.45) is 0 Å². The molecule has 0 fully saturated rings. The topological polar surface area (TPSA) is 83.5 Å². The fraction of sp³-hybridized carbons (Fsp3) is 0.269. The number of para-hydroxylation sites is 1. The zero-order valence-electron chi connectivity index (χ0n) is 20.6. The van der Waals surface area contributed by atoms with Crippen LogP contribution in [0.25, 0.3) is 10.2 Å². The zero-order chi connectivity index (χ0) is 27.5. The second kappa shape index (κ2) is 11.2. The molecule has 4 rings (SSSR count). The monoisotopic (exact) mass is 562 g/mol. The number of alkyl halides is 3. The SMILES string of the molecule is CCCCN(C)S(=O)(=O)c1ccc(C(=O)N(Cc2ccccn2)c2nc3c(C(F)(F)F)cccc3s2)cc1. The fourth-order valence-corrected chi connectivity index (χ4v) is 5.97. The maximum atomic E-state index is 13.6. The lowest BCUT2D eigenvalue weighted by Crippen LogP contribution is -2.31. The van der Waals surface area contributed by atoms with E-state index in [0.717, 1.165) is 23.8 Å². The van der Waals surface area contributed by atoms with Gasteiger partial charge in [0.1, 0.15) is 0 Å². The lowest BCUT2D eigenvalue weighted by atomic mass is 10.2. The van der Waals surface area contributed by atoms with Crippen LogP contribution in [-0.2, 0) is 22.7 Å². The number of fused-ring (bicyclic) bond motifs is 1. The Morgan fingerprint density at radius 2 is 1.76 bits per heavy atom. The molecular weight excluding hydrogens is 537 g/mol. The van der Waals surface area contributed by atoms with E-state index in [-0.39, 0.29) is 32.4 Å². The number of benzene rings is 2. The zero-order valence-corrected chi connectivity index (χ0v) is 22.3. The van der Waals surface area contributed by atoms with E-state index in [0.29, 0.717) is 18.7 Å². The number of aromatic nitrogens is 2. The van der Waals surface area contributed by atoms with Gasteiger partial charge >= 0.3 is 6.18 Å². The number of unbranched alkanes of at least 4 members (excludes halogenated alkanes) is 1. The number of hydrogen-bond acceptors (Lipinski definition) is 6. The average molecular weight is 563 g/mol. The van der Waals surface area contributed by atoms with Crippen molar-refractivity contribution >= 4 is 42.6 Å². The second-order valence-corrected chi connectivity index (χ2v) is 11.6. The molecule has 0 aliphatic carbocycles. The predicted molar refractivity (Wildman–Crippen MR) is 141 cm³/mol. The Balaban J connectivity index is 1.71. The number of hydrogen-bond donors (Lipinski definition) is 0. The molecule has 0 bridgehead atoms. The molecular formula is C26H25F3N4O3S2. The molecule has 0 aliphatic rings. The standard InChI is InChI=1S/C26H25F3N4O3S2/c1-3-4-16-32(2)38(35,36)20-13-11-18(12-14-20)24(34)33(17-19-8-5-6-15-30-19)25-31-23-21(26(27,28)29)9-7-10-22(23)37-25/h5-15H,3-4,16-17H2,1-2H3. The number of carbonyl (C=O) groups excluding carboxylic acids is 1. The molecule has 0 spiro atoms. The highest BCUT2D eigenvalue weighted by Crippen LogP contribution is 2.39. The number of carbonyl (C=O) groups is 1. The van der Waals surface area contributed by atoms with Crippen LogP contribution in [0.2, 0.25) is 0 Å². The van der Waals surface area contributed by atoms with E-state index in [1.54, 1.807) is 24.4 Å². The minimum atomic E-state index is -4.60. The number of halogens is 3. The van der Waals surface area contributed by atoms with Crippen molar-refractivity contribution in [3.05, 3.63) is 83.7 Å². The molecule has 0 aliphatic heterocycles. The van der Waals surface area contributed by atoms with Gasteiger partial charge in [-0.05, 0) is 55.0 Å². The minimum Gasteiger partial charge on any atom is -0.278 e. The molecule has 200 valence electrons. The summed E-state index contributed by atoms with van der Waals surface area (Å²) < 4.78 is 68.0. The van der Waals surface area contributed by atoms with E-state index in [1.807, 2.05) is 6.92 Å². The Hall–Kier alpha value is -3.35. The first-order chi connectivity index (χ1) is 18.0. The number of rotatable bonds is 9. The number of pyridine rings is 1. The summed E-state index contributed by atoms with van der Waals surface area (Å²) in [7, 11) is -2.23. The summed E-state index contributed by atoms with van der Waals surface area (Å²) in [6, 6.07) is 14.4. The molecule has 12 heteroatoms. The first-order valence-corrected chi connectivity index (χ1v) is 14.0. The van der Waals surface area contributed by atoms with Gasteiger partial charge in [0, 0.05) is 25.4 Å². The number of sulfonamides is 1. The van der Waals surface area contributed by atoms with Gasteiger partial charge in [0.15, 0.2) is 5.13 Å². The van der Waals surface area contributed by atoms with Crippen molar-refractivity contribution in [2.75, 3.05) is 18.5 Å². The van der Waals surface area contributed by atoms with Crippen molar-refractivity contribution in [3.63, 3.8) is 0 Å². The van der Waals surface area contributed by atoms with Crippen LogP contribution in [-0.4, -0.2) is 42.2 Å². The van der Waals surface area contributed by atoms with Crippen LogP contribution in [0.3, 0.4) is 0 Å². The van der Waals surface area contributed by atoms with E-state index < -0.39 is 27.7 Å². The molecule has 0 saturated carbocycles. The Bertz CT molecular complexity index is 1520. The summed E-state index contributed by atoms with van der Waals surface area (Å²) in [5.74, 6) is -0.549. The van der Waals surface area contributed by atoms with Gasteiger partial charge in [0.2, 0.25) is 10.0 Å². The first kappa shape index (κ1) is 27.7. The van der Waals surface area contributed by atoms with Crippen molar-refractivity contribution in [1.82, 2.24) is 14.3 Å². The number of anilines is 1. The van der Waals surface area contributed by atoms with Crippen molar-refractivity contribution in [2.45, 2.75) is 37.4 Å². The number of thiazole rings is 1. The van der Waals surface area contributed by atoms with Crippen molar-refractivity contribution in [3.8, 4) is 0 Å². The summed E-state index contributed by atoms with van der Waals surface area (Å²) in [6.07, 6.45) is -1.50. The smallest absolute Gasteiger partial charge is 0.278 e. The van der Waals surface area contributed by atoms with Gasteiger partial charge in [-0.25, -0.2) is 17.7 Å². The van der Waals surface area contributed by atoms with E-state index >= 15 is 0 Å². The minimum absolute atomic E-state index is 0.0405. The van der Waals surface area contributed by atoms with Crippen LogP contribution in [0.4, 0.5) is 18.3 Å². The molecule has 2 aromatic carbocycles. The normalized spacial score (nSPS) is 12.3. The van der Waals surface area contributed by atoms with Gasteiger partial charge < -0.3 is 0 Å². The molecule has 1 amide bonds. The van der Waals surface area contributed by atoms with Gasteiger partial charge in [-0.3, -0.25) is 14.7 Å². The second-order valence-electron chi connectivity index (χ2n) is 8.56. The molecule has 0 atom stereocenters. The summed E-state index contributed by atoms with van der Waals surface area (Å²) in [6.45, 7) is 2.29. The molecule has 2 heterocycles. The quantitative estimate of drug-likeness (QED) is 0.251. The van der Waals surface area contributed by atoms with Gasteiger partial charge in [-0.2, -0.15) is 13.2 Å². The summed E-state index contributed by atoms with van der Waals surface area (Å²) in [5.41, 5.74) is -0.459. The predicted octanol–water partition coefficient (Wildman–Crippen LogP) is 5.98. The molecule has 7 nitrogen and oxygen atoms in total. The van der Waals surface area contributed by atoms with Crippen molar-refractivity contribution in [1.29, 1.82) is 0 Å². The Morgan fingerprint density at radius 3 is 2.39 bits per heavy atom. The van der Waals surface area contributed by atoms with Gasteiger partial charge in [0.25, 0.3) is 5.91 Å². The lowest BCUT2D eigenvalue weighted by molar-refractivity contribution is -0.136. The Labute approximate surface area is 222 Å². The first-order valence-electron chi connectivity index (χ1n) is 11.8. The van der Waals surface area contributed by atoms with Crippen molar-refractivity contribution < 1.29 is 26.4 Å². The van der Waals surface area contributed by atoms with Crippen LogP contribution in [0.15, 0.2) is 71.8 Å². The van der Waals surface area contributed by atoms with Gasteiger partial charge in [-0.15, -0.1) is 0 Å². The maximum absolute atomic E-state index is 13.6. The molecule has 4 aromatic rings. The van der Waals surface area contributed by atoms with Crippen LogP contribution in [0, 0.1) is 0 Å². The lowest BCUT2D eigenvalue weighted by Gasteiger charge is -2.20. The van der Waals surface area contributed by atoms with E-state index in [2.05, 4.69) is 9.97 Å². The molecule has 0 saturated heterocycles. The Morgan fingerprint density at radius 1 is 1.03 bits per heavy atom. The Kier molecular flexibility index (Phi) is 8.14. The van der Waals surface area contributed by atoms with Crippen LogP contribution in [0.1, 0.15) is 41.4 Å². The molecule has 0 unspecified atom stereocenters. The van der Waals surface area contributed by atoms with Gasteiger partial charge in [0.05, 0.1) is 32.9 Å². The molecule has 38 heavy (non-hydrogen) atoms. The summed E-state index contributed by atoms with van der Waals surface area (Å²) >= 11 is 0.960. The third-order valence-electron chi connectivity index (χ3n) is 5.87. The third-order valence-corrected chi connectivity index (χ3v) is 8.79. The maximum Gasteiger partial charge on any atom is 0.418 e. The number of nitrogens with zero attached hydrogens (tertiary/aromatic N) is 4. The fourth-order valence-electron chi connectivity index (χ4n) is 3.77. The highest BCUT2D eigenvalue weighted by Gasteiger charge is 2.34. The molecule has 0 N–H and O–H groups in total. The van der Waals surface area contributed by atoms with Gasteiger partial charge in [-0.1, -0.05) is 36.8 Å². The highest BCUT2D eigenvalue weighted by molar-refractivity contribution is 7.89. The van der Waals surface area contributed by atoms with Crippen LogP contribution < -0.4 is 4.90 Å². The molecule has 0 radical (unpaired) electrons. The van der Waals surface area contributed by atoms with E-state index in [4.69, 9.17) is 0 Å². The largest absolute Gasteiger partial charge is 0.418 e. The summed E-state index contributed by atoms with van der Waals surface area (Å²) in [5, 5.41) is 0.0725. The summed E-state index contributed by atoms with van der Waals surface area (Å²) in [4.78, 5) is 23.4. The van der Waals surface area contributed by atoms with Crippen LogP contribution >= 0.6 is 11.3 Å². The van der Waals surface area contributed by atoms with Crippen LogP contribution in [0.5, 0.6) is 0 Å².